The van der Waals surface area contributed by atoms with E-state index in [9.17, 15) is 146 Å². The van der Waals surface area contributed by atoms with Crippen LogP contribution in [0.15, 0.2) is 0 Å². The molecule has 810 valence electrons. The molecule has 0 aromatic carbocycles. The second-order valence-electron chi connectivity index (χ2n) is 37.5. The first-order valence-electron chi connectivity index (χ1n) is 47.7. The van der Waals surface area contributed by atoms with Gasteiger partial charge in [-0.15, -0.1) is 0 Å². The second-order valence-corrected chi connectivity index (χ2v) is 37.5. The molecule has 0 radical (unpaired) electrons. The Morgan fingerprint density at radius 1 is 0.350 bits per heavy atom. The molecule has 21 atom stereocenters. The number of unbranched alkanes of at least 4 members (excludes halogenated alkanes) is 1. The number of carboxylic acid groups (broad SMARTS) is 2. The molecule has 35 N–H and O–H groups in total. The Kier molecular flexibility index (Phi) is 56.0. The molecule has 0 aromatic heterocycles. The minimum Gasteiger partial charge on any atom is -0.481 e. The third-order valence-corrected chi connectivity index (χ3v) is 22.9. The fraction of sp³-hybridized carbons (Fsp3) is 0.739. The van der Waals surface area contributed by atoms with Crippen molar-refractivity contribution in [2.75, 3.05) is 59.0 Å². The lowest BCUT2D eigenvalue weighted by molar-refractivity contribution is -0.145. The predicted molar refractivity (Wildman–Crippen MR) is 507 cm³/mol. The lowest BCUT2D eigenvalue weighted by Gasteiger charge is -2.32. The molecule has 0 aliphatic carbocycles. The Labute approximate surface area is 828 Å². The van der Waals surface area contributed by atoms with Crippen LogP contribution in [0, 0.1) is 35.0 Å². The molecule has 2 saturated heterocycles. The predicted octanol–water partition coefficient (Wildman–Crippen LogP) is -12.0. The highest BCUT2D eigenvalue weighted by Gasteiger charge is 2.46. The van der Waals surface area contributed by atoms with Crippen LogP contribution in [0.5, 0.6) is 0 Å². The zero-order chi connectivity index (χ0) is 109. The number of likely N-dealkylation sites (tertiary alicyclic amines) is 2. The van der Waals surface area contributed by atoms with Crippen LogP contribution in [-0.2, 0) is 105 Å². The first-order chi connectivity index (χ1) is 66.8. The van der Waals surface area contributed by atoms with Crippen molar-refractivity contribution in [1.82, 2.24) is 106 Å². The fourth-order valence-electron chi connectivity index (χ4n) is 15.1. The first-order valence-corrected chi connectivity index (χ1v) is 47.7. The highest BCUT2D eigenvalue weighted by Crippen LogP contribution is 2.24. The zero-order valence-electron chi connectivity index (χ0n) is 83.5. The smallest absolute Gasteiger partial charge is 0.328 e. The van der Waals surface area contributed by atoms with Crippen molar-refractivity contribution < 1.29 is 146 Å². The van der Waals surface area contributed by atoms with Crippen molar-refractivity contribution in [3.8, 4) is 0 Å². The van der Waals surface area contributed by atoms with Crippen LogP contribution in [0.25, 0.3) is 0 Å². The Morgan fingerprint density at radius 3 is 1.15 bits per heavy atom. The number of nitrogens with zero attached hydrogens (tertiary/aromatic N) is 2. The standard InChI is InChI=1S/C88H153N25O30/c1-40(2)32-53(101-73(128)50(21-17-29-94-88(92)93)98-62(122)36-95-61(121)35-96-72(127)56(38-114)105-75(130)52(25-27-64(124)125)99-74(129)51(20-15-16-28-89)100-82(137)65(43(7)8)108-79(134)57(39-115)104-71(126)49(90)24-26-60(91)120)76(131)107-66(44(9)10)83(138)110-69(47(13)118)86(141)112-30-18-22-58(112)80(135)97-37-63(123)106-68(46(12)117)85(140)113-31-19-23-59(113)81(136)102-54(33-41(3)4)77(132)109-67(45(11)116)84(139)103-55(34-42(5)6)78(133)111-70(48(14)119)87(142)143/h40-59,65-70,114-119H,15-39,89-90H2,1-14H3,(H2,91,120)(H,95,121)(H,96,127)(H,97,135)(H,98,122)(H,99,129)(H,100,137)(H,101,128)(H,102,136)(H,103,139)(H,104,126)(H,105,130)(H,106,123)(H,107,131)(H,108,134)(H,109,132)(H,110,138)(H,111,133)(H,124,125)(H,142,143)(H4,92,93,94)/t45-,46-,47-,48-,49+,50+,51+,52+,53+,54+,55+,56+,57+,58+,59+,65+,66+,67+,68+,69+,70+/m1/s1. The average molecular weight is 2040 g/mol. The van der Waals surface area contributed by atoms with E-state index in [0.29, 0.717) is 6.42 Å². The van der Waals surface area contributed by atoms with Gasteiger partial charge in [0, 0.05) is 32.5 Å². The Morgan fingerprint density at radius 2 is 0.706 bits per heavy atom. The Bertz CT molecular complexity index is 4350. The van der Waals surface area contributed by atoms with Crippen molar-refractivity contribution in [2.45, 2.75) is 327 Å². The maximum atomic E-state index is 14.5. The molecule has 0 spiro atoms. The van der Waals surface area contributed by atoms with Crippen molar-refractivity contribution in [3.05, 3.63) is 0 Å². The third kappa shape index (κ3) is 44.8. The number of guanidine groups is 1. The van der Waals surface area contributed by atoms with Gasteiger partial charge in [0.1, 0.15) is 90.6 Å². The van der Waals surface area contributed by atoms with Gasteiger partial charge in [-0.25, -0.2) is 4.79 Å². The molecule has 0 aromatic rings. The molecule has 20 amide bonds. The highest BCUT2D eigenvalue weighted by molar-refractivity contribution is 6.02. The number of carbonyl (C=O) groups is 22. The molecular formula is C88H153N25O30. The molecule has 2 fully saturated rings. The van der Waals surface area contributed by atoms with E-state index in [-0.39, 0.29) is 127 Å². The lowest BCUT2D eigenvalue weighted by atomic mass is 9.98. The number of aliphatic hydroxyl groups excluding tert-OH is 6. The number of aliphatic carboxylic acids is 2. The molecule has 143 heavy (non-hydrogen) atoms. The molecule has 0 saturated carbocycles. The molecule has 0 bridgehead atoms. The summed E-state index contributed by atoms with van der Waals surface area (Å²) in [5.74, 6) is -25.9. The van der Waals surface area contributed by atoms with E-state index in [1.807, 2.05) is 0 Å². The van der Waals surface area contributed by atoms with E-state index in [0.717, 1.165) is 23.6 Å². The normalized spacial score (nSPS) is 17.5. The summed E-state index contributed by atoms with van der Waals surface area (Å²) in [5, 5.41) is 133. The number of nitrogens with two attached hydrogens (primary N) is 4. The van der Waals surface area contributed by atoms with Crippen molar-refractivity contribution in [1.29, 1.82) is 5.41 Å². The van der Waals surface area contributed by atoms with Crippen LogP contribution in [0.4, 0.5) is 0 Å². The van der Waals surface area contributed by atoms with Crippen LogP contribution in [0.3, 0.4) is 0 Å². The fourth-order valence-corrected chi connectivity index (χ4v) is 15.1. The number of amides is 20. The van der Waals surface area contributed by atoms with Gasteiger partial charge in [-0.3, -0.25) is 106 Å². The van der Waals surface area contributed by atoms with Gasteiger partial charge < -0.3 is 169 Å². The number of primary amides is 1. The maximum Gasteiger partial charge on any atom is 0.328 e. The number of hydrogen-bond donors (Lipinski definition) is 31. The number of aliphatic hydroxyl groups is 6. The molecule has 55 nitrogen and oxygen atoms in total. The summed E-state index contributed by atoms with van der Waals surface area (Å²) in [4.78, 5) is 300. The summed E-state index contributed by atoms with van der Waals surface area (Å²) in [5.41, 5.74) is 22.1. The van der Waals surface area contributed by atoms with Crippen LogP contribution >= 0.6 is 0 Å². The average Bonchev–Trinajstić information content (AvgIpc) is 1.58. The zero-order valence-corrected chi connectivity index (χ0v) is 83.5. The number of hydrogen-bond acceptors (Lipinski definition) is 31. The van der Waals surface area contributed by atoms with Crippen LogP contribution < -0.4 is 119 Å². The van der Waals surface area contributed by atoms with Gasteiger partial charge in [0.15, 0.2) is 12.0 Å². The van der Waals surface area contributed by atoms with Gasteiger partial charge in [0.05, 0.1) is 63.3 Å². The summed E-state index contributed by atoms with van der Waals surface area (Å²) in [6.07, 6.45) is -7.93. The van der Waals surface area contributed by atoms with Gasteiger partial charge in [-0.1, -0.05) is 69.2 Å². The molecule has 2 rings (SSSR count). The number of nitrogens with one attached hydrogen (secondary N) is 19. The summed E-state index contributed by atoms with van der Waals surface area (Å²) in [7, 11) is 0. The van der Waals surface area contributed by atoms with E-state index in [4.69, 9.17) is 28.3 Å². The molecule has 55 heteroatoms. The van der Waals surface area contributed by atoms with E-state index < -0.39 is 321 Å². The second kappa shape index (κ2) is 63.3. The Hall–Kier alpha value is -12.7. The molecule has 2 aliphatic heterocycles. The van der Waals surface area contributed by atoms with E-state index in [2.05, 4.69) is 95.7 Å². The minimum atomic E-state index is -1.90. The SMILES string of the molecule is CC(C)C[C@H](NC(=O)[C@H](CCCNC(=N)N)NC(=O)CNC(=O)CNC(=O)[C@H](CO)NC(=O)[C@H](CCC(=O)O)NC(=O)[C@H](CCCCN)NC(=O)[C@@H](NC(=O)[C@H](CO)NC(=O)[C@@H](N)CCC(N)=O)C(C)C)C(=O)N[C@H](C(=O)N[C@H](C(=O)N1CCC[C@H]1C(=O)NCC(=O)N[C@H](C(=O)N1CCC[C@H]1C(=O)N[C@@H](CC(C)C)C(=O)N[C@H](C(=O)N[C@@H](CC(C)C)C(=O)N[C@H](C(=O)O)[C@@H](C)O)[C@@H](C)O)[C@@H](C)O)[C@@H](C)O)C(C)C. The van der Waals surface area contributed by atoms with E-state index >= 15 is 0 Å². The topological polar surface area (TPSA) is 888 Å². The van der Waals surface area contributed by atoms with Crippen molar-refractivity contribution in [2.24, 2.45) is 52.5 Å². The monoisotopic (exact) mass is 2040 g/mol. The molecule has 0 unspecified atom stereocenters. The molecule has 2 aliphatic rings. The Balaban J connectivity index is 2.26. The summed E-state index contributed by atoms with van der Waals surface area (Å²) < 4.78 is 0. The quantitative estimate of drug-likeness (QED) is 0.0153. The van der Waals surface area contributed by atoms with Gasteiger partial charge in [-0.05, 0) is 154 Å². The van der Waals surface area contributed by atoms with Crippen LogP contribution in [0.1, 0.15) is 200 Å². The molecular weight excluding hydrogens is 1890 g/mol. The van der Waals surface area contributed by atoms with Gasteiger partial charge in [0.25, 0.3) is 0 Å². The minimum absolute atomic E-state index is 0.00154. The van der Waals surface area contributed by atoms with Crippen LogP contribution in [0.2, 0.25) is 0 Å². The highest BCUT2D eigenvalue weighted by atomic mass is 16.4. The van der Waals surface area contributed by atoms with E-state index in [1.165, 1.54) is 41.5 Å². The molecule has 2 heterocycles. The number of rotatable bonds is 65. The summed E-state index contributed by atoms with van der Waals surface area (Å²) in [6, 6.07) is -26.6. The van der Waals surface area contributed by atoms with Gasteiger partial charge >= 0.3 is 11.9 Å². The summed E-state index contributed by atoms with van der Waals surface area (Å²) in [6.45, 7) is 16.0. The maximum absolute atomic E-state index is 14.5. The first kappa shape index (κ1) is 126. The van der Waals surface area contributed by atoms with Gasteiger partial charge in [-0.2, -0.15) is 0 Å². The number of carboxylic acids is 2. The third-order valence-electron chi connectivity index (χ3n) is 22.9. The van der Waals surface area contributed by atoms with E-state index in [1.54, 1.807) is 41.5 Å². The van der Waals surface area contributed by atoms with Crippen molar-refractivity contribution in [3.63, 3.8) is 0 Å². The lowest BCUT2D eigenvalue weighted by Crippen LogP contribution is -2.62. The van der Waals surface area contributed by atoms with Crippen LogP contribution in [-0.4, -0.2) is 373 Å². The largest absolute Gasteiger partial charge is 0.481 e. The van der Waals surface area contributed by atoms with Crippen molar-refractivity contribution >= 4 is 136 Å². The van der Waals surface area contributed by atoms with Gasteiger partial charge in [0.2, 0.25) is 118 Å². The number of carbonyl (C=O) groups excluding carboxylic acids is 20. The summed E-state index contributed by atoms with van der Waals surface area (Å²) >= 11 is 0.